The Hall–Kier alpha value is -1.44. The molecule has 15 heavy (non-hydrogen) atoms. The maximum atomic E-state index is 11.0. The van der Waals surface area contributed by atoms with Crippen LogP contribution < -0.4 is 0 Å². The summed E-state index contributed by atoms with van der Waals surface area (Å²) in [6.07, 6.45) is 1.01. The van der Waals surface area contributed by atoms with Crippen molar-refractivity contribution in [2.45, 2.75) is 12.7 Å². The minimum atomic E-state index is -3.32. The van der Waals surface area contributed by atoms with Gasteiger partial charge in [0.25, 0.3) is 0 Å². The van der Waals surface area contributed by atoms with E-state index in [1.165, 1.54) is 11.6 Å². The van der Waals surface area contributed by atoms with E-state index in [9.17, 15) is 18.5 Å². The normalized spacial score (nSPS) is 11.7. The summed E-state index contributed by atoms with van der Waals surface area (Å²) >= 11 is 0. The van der Waals surface area contributed by atoms with Crippen molar-refractivity contribution in [3.63, 3.8) is 0 Å². The van der Waals surface area contributed by atoms with Crippen LogP contribution in [0.1, 0.15) is 11.5 Å². The minimum Gasteiger partial charge on any atom is -0.358 e. The number of hydrogen-bond acceptors (Lipinski definition) is 5. The summed E-state index contributed by atoms with van der Waals surface area (Å²) < 4.78 is 23.3. The van der Waals surface area contributed by atoms with Crippen LogP contribution in [-0.4, -0.2) is 29.1 Å². The summed E-state index contributed by atoms with van der Waals surface area (Å²) in [5, 5.41) is 10.7. The van der Waals surface area contributed by atoms with E-state index in [0.717, 1.165) is 6.26 Å². The molecule has 1 aromatic rings. The Morgan fingerprint density at radius 2 is 2.07 bits per heavy atom. The maximum Gasteiger partial charge on any atom is 0.346 e. The molecule has 0 amide bonds. The van der Waals surface area contributed by atoms with E-state index in [1.807, 2.05) is 0 Å². The van der Waals surface area contributed by atoms with Crippen molar-refractivity contribution in [2.24, 2.45) is 7.05 Å². The number of sulfone groups is 1. The van der Waals surface area contributed by atoms with Gasteiger partial charge in [-0.2, -0.15) is 0 Å². The predicted octanol–water partition coefficient (Wildman–Crippen LogP) is 0.181. The zero-order chi connectivity index (χ0) is 11.8. The monoisotopic (exact) mass is 233 g/mol. The quantitative estimate of drug-likeness (QED) is 0.548. The molecule has 0 bridgehead atoms. The fourth-order valence-corrected chi connectivity index (χ4v) is 1.93. The SMILES string of the molecule is Cc1nc(CS(C)(=O)=O)c([N+](=O)[O-])n1C. The van der Waals surface area contributed by atoms with Gasteiger partial charge in [-0.1, -0.05) is 0 Å². The van der Waals surface area contributed by atoms with E-state index in [-0.39, 0.29) is 11.5 Å². The predicted molar refractivity (Wildman–Crippen MR) is 53.1 cm³/mol. The highest BCUT2D eigenvalue weighted by Crippen LogP contribution is 2.20. The Morgan fingerprint density at radius 3 is 2.47 bits per heavy atom. The van der Waals surface area contributed by atoms with Gasteiger partial charge in [-0.25, -0.2) is 18.0 Å². The van der Waals surface area contributed by atoms with Crippen molar-refractivity contribution in [1.82, 2.24) is 9.55 Å². The first-order valence-electron chi connectivity index (χ1n) is 4.06. The Kier molecular flexibility index (Phi) is 2.80. The minimum absolute atomic E-state index is 0.0116. The zero-order valence-electron chi connectivity index (χ0n) is 8.59. The molecule has 0 unspecified atom stereocenters. The summed E-state index contributed by atoms with van der Waals surface area (Å²) in [4.78, 5) is 13.9. The van der Waals surface area contributed by atoms with Gasteiger partial charge in [-0.3, -0.25) is 0 Å². The van der Waals surface area contributed by atoms with Crippen molar-refractivity contribution in [3.8, 4) is 0 Å². The number of aryl methyl sites for hydroxylation is 1. The van der Waals surface area contributed by atoms with Gasteiger partial charge in [0.15, 0.2) is 21.4 Å². The number of rotatable bonds is 3. The highest BCUT2D eigenvalue weighted by atomic mass is 32.2. The molecule has 0 fully saturated rings. The van der Waals surface area contributed by atoms with Gasteiger partial charge in [0.1, 0.15) is 5.75 Å². The Bertz CT molecular complexity index is 503. The summed E-state index contributed by atoms with van der Waals surface area (Å²) in [7, 11) is -1.84. The fraction of sp³-hybridized carbons (Fsp3) is 0.571. The average molecular weight is 233 g/mol. The van der Waals surface area contributed by atoms with Gasteiger partial charge in [0, 0.05) is 13.2 Å². The molecule has 1 rings (SSSR count). The second-order valence-electron chi connectivity index (χ2n) is 3.32. The van der Waals surface area contributed by atoms with E-state index < -0.39 is 20.5 Å². The first-order chi connectivity index (χ1) is 6.72. The van der Waals surface area contributed by atoms with E-state index in [0.29, 0.717) is 5.82 Å². The lowest BCUT2D eigenvalue weighted by atomic mass is 10.5. The molecule has 84 valence electrons. The highest BCUT2D eigenvalue weighted by molar-refractivity contribution is 7.89. The second kappa shape index (κ2) is 3.61. The van der Waals surface area contributed by atoms with Crippen LogP contribution in [-0.2, 0) is 22.6 Å². The third kappa shape index (κ3) is 2.52. The molecule has 0 spiro atoms. The van der Waals surface area contributed by atoms with E-state index in [1.54, 1.807) is 6.92 Å². The standard InChI is InChI=1S/C7H11N3O4S/c1-5-8-6(4-15(3,13)14)7(9(5)2)10(11)12/h4H2,1-3H3. The highest BCUT2D eigenvalue weighted by Gasteiger charge is 2.24. The van der Waals surface area contributed by atoms with Crippen molar-refractivity contribution >= 4 is 15.7 Å². The average Bonchev–Trinajstić information content (AvgIpc) is 2.23. The molecule has 1 heterocycles. The Morgan fingerprint density at radius 1 is 1.53 bits per heavy atom. The number of imidazole rings is 1. The van der Waals surface area contributed by atoms with Crippen LogP contribution in [0.4, 0.5) is 5.82 Å². The van der Waals surface area contributed by atoms with E-state index in [4.69, 9.17) is 0 Å². The molecule has 0 saturated carbocycles. The van der Waals surface area contributed by atoms with Gasteiger partial charge in [0.2, 0.25) is 0 Å². The Balaban J connectivity index is 3.30. The van der Waals surface area contributed by atoms with Crippen LogP contribution in [0.2, 0.25) is 0 Å². The van der Waals surface area contributed by atoms with Crippen molar-refractivity contribution < 1.29 is 13.3 Å². The summed E-state index contributed by atoms with van der Waals surface area (Å²) in [6.45, 7) is 1.58. The molecule has 0 aliphatic carbocycles. The van der Waals surface area contributed by atoms with Crippen LogP contribution in [0.15, 0.2) is 0 Å². The molecule has 0 N–H and O–H groups in total. The lowest BCUT2D eigenvalue weighted by molar-refractivity contribution is -0.392. The number of nitro groups is 1. The molecular weight excluding hydrogens is 222 g/mol. The largest absolute Gasteiger partial charge is 0.358 e. The van der Waals surface area contributed by atoms with Gasteiger partial charge < -0.3 is 10.1 Å². The molecule has 1 aromatic heterocycles. The van der Waals surface area contributed by atoms with Crippen molar-refractivity contribution in [3.05, 3.63) is 21.6 Å². The fourth-order valence-electron chi connectivity index (χ4n) is 1.24. The van der Waals surface area contributed by atoms with Crippen molar-refractivity contribution in [1.29, 1.82) is 0 Å². The molecule has 8 heteroatoms. The third-order valence-corrected chi connectivity index (χ3v) is 2.73. The molecule has 0 atom stereocenters. The molecule has 0 aliphatic rings. The van der Waals surface area contributed by atoms with Crippen LogP contribution in [0.25, 0.3) is 0 Å². The maximum absolute atomic E-state index is 11.0. The van der Waals surface area contributed by atoms with Crippen LogP contribution in [0, 0.1) is 17.0 Å². The molecular formula is C7H11N3O4S. The first kappa shape index (κ1) is 11.6. The summed E-state index contributed by atoms with van der Waals surface area (Å²) in [5.74, 6) is -0.261. The molecule has 0 aromatic carbocycles. The molecule has 7 nitrogen and oxygen atoms in total. The molecule has 0 radical (unpaired) electrons. The molecule has 0 aliphatic heterocycles. The van der Waals surface area contributed by atoms with Crippen molar-refractivity contribution in [2.75, 3.05) is 6.26 Å². The van der Waals surface area contributed by atoms with Gasteiger partial charge in [-0.05, 0) is 4.92 Å². The topological polar surface area (TPSA) is 95.1 Å². The van der Waals surface area contributed by atoms with E-state index in [2.05, 4.69) is 4.98 Å². The van der Waals surface area contributed by atoms with Gasteiger partial charge in [0.05, 0.1) is 7.05 Å². The number of nitrogens with zero attached hydrogens (tertiary/aromatic N) is 3. The van der Waals surface area contributed by atoms with Crippen LogP contribution >= 0.6 is 0 Å². The van der Waals surface area contributed by atoms with E-state index >= 15 is 0 Å². The lowest BCUT2D eigenvalue weighted by Crippen LogP contribution is -2.05. The number of aromatic nitrogens is 2. The van der Waals surface area contributed by atoms with Crippen LogP contribution in [0.5, 0.6) is 0 Å². The third-order valence-electron chi connectivity index (χ3n) is 1.93. The molecule has 0 saturated heterocycles. The van der Waals surface area contributed by atoms with Gasteiger partial charge >= 0.3 is 5.82 Å². The lowest BCUT2D eigenvalue weighted by Gasteiger charge is -1.97. The number of hydrogen-bond donors (Lipinski definition) is 0. The second-order valence-corrected chi connectivity index (χ2v) is 5.46. The Labute approximate surface area is 86.8 Å². The first-order valence-corrected chi connectivity index (χ1v) is 6.12. The summed E-state index contributed by atoms with van der Waals surface area (Å²) in [5.41, 5.74) is -0.0116. The summed E-state index contributed by atoms with van der Waals surface area (Å²) in [6, 6.07) is 0. The zero-order valence-corrected chi connectivity index (χ0v) is 9.41. The van der Waals surface area contributed by atoms with Gasteiger partial charge in [-0.15, -0.1) is 0 Å². The smallest absolute Gasteiger partial charge is 0.346 e. The van der Waals surface area contributed by atoms with Crippen LogP contribution in [0.3, 0.4) is 0 Å².